The molecule has 0 bridgehead atoms. The van der Waals surface area contributed by atoms with E-state index in [-0.39, 0.29) is 35.5 Å². The molecule has 4 rings (SSSR count). The van der Waals surface area contributed by atoms with Gasteiger partial charge in [-0.15, -0.1) is 0 Å². The minimum Gasteiger partial charge on any atom is -0.466 e. The quantitative estimate of drug-likeness (QED) is 0.200. The zero-order chi connectivity index (χ0) is 32.6. The summed E-state index contributed by atoms with van der Waals surface area (Å²) in [5.74, 6) is -2.85. The Kier molecular flexibility index (Phi) is 8.92. The maximum atomic E-state index is 14.3. The second kappa shape index (κ2) is 12.0. The van der Waals surface area contributed by atoms with Crippen LogP contribution >= 0.6 is 0 Å². The van der Waals surface area contributed by atoms with Crippen molar-refractivity contribution in [1.82, 2.24) is 4.90 Å². The number of nitrogens with zero attached hydrogens (tertiary/aromatic N) is 2. The second-order valence-electron chi connectivity index (χ2n) is 10.4. The molecule has 0 atom stereocenters. The van der Waals surface area contributed by atoms with Crippen LogP contribution in [-0.2, 0) is 25.7 Å². The molecular weight excluding hydrogens is 618 g/mol. The number of hydrogen-bond acceptors (Lipinski definition) is 6. The van der Waals surface area contributed by atoms with Crippen LogP contribution in [0.1, 0.15) is 36.7 Å². The number of alkyl halides is 5. The van der Waals surface area contributed by atoms with Gasteiger partial charge in [0.15, 0.2) is 0 Å². The lowest BCUT2D eigenvalue weighted by Gasteiger charge is -2.40. The van der Waals surface area contributed by atoms with Gasteiger partial charge in [-0.1, -0.05) is 12.1 Å². The van der Waals surface area contributed by atoms with Crippen molar-refractivity contribution in [2.24, 2.45) is 5.41 Å². The molecule has 1 heterocycles. The molecule has 236 valence electrons. The van der Waals surface area contributed by atoms with Gasteiger partial charge < -0.3 is 14.4 Å². The number of benzene rings is 3. The van der Waals surface area contributed by atoms with Crippen LogP contribution in [-0.4, -0.2) is 51.6 Å². The van der Waals surface area contributed by atoms with Gasteiger partial charge in [-0.05, 0) is 74.4 Å². The van der Waals surface area contributed by atoms with Crippen molar-refractivity contribution < 1.29 is 53.8 Å². The van der Waals surface area contributed by atoms with Crippen molar-refractivity contribution in [2.75, 3.05) is 24.1 Å². The highest BCUT2D eigenvalue weighted by atomic mass is 32.2. The fourth-order valence-corrected chi connectivity index (χ4v) is 6.10. The fourth-order valence-electron chi connectivity index (χ4n) is 4.62. The van der Waals surface area contributed by atoms with Crippen LogP contribution in [0.4, 0.5) is 32.0 Å². The summed E-state index contributed by atoms with van der Waals surface area (Å²) < 4.78 is 118. The van der Waals surface area contributed by atoms with Crippen LogP contribution in [0.15, 0.2) is 65.6 Å². The first-order chi connectivity index (χ1) is 20.4. The molecular formula is C29H26F6N2O6S. The number of amides is 1. The summed E-state index contributed by atoms with van der Waals surface area (Å²) >= 11 is 0. The number of fused-ring (bicyclic) bond motifs is 1. The number of esters is 1. The Morgan fingerprint density at radius 3 is 2.34 bits per heavy atom. The van der Waals surface area contributed by atoms with E-state index in [0.717, 1.165) is 29.2 Å². The molecule has 0 aromatic heterocycles. The molecule has 1 aliphatic heterocycles. The van der Waals surface area contributed by atoms with E-state index in [1.54, 1.807) is 6.92 Å². The molecule has 15 heteroatoms. The number of anilines is 1. The third kappa shape index (κ3) is 6.77. The summed E-state index contributed by atoms with van der Waals surface area (Å²) in [6, 6.07) is 9.46. The Bertz CT molecular complexity index is 1690. The van der Waals surface area contributed by atoms with Gasteiger partial charge >= 0.3 is 18.8 Å². The largest absolute Gasteiger partial charge is 0.466 e. The molecule has 44 heavy (non-hydrogen) atoms. The first-order valence-corrected chi connectivity index (χ1v) is 14.4. The second-order valence-corrected chi connectivity index (χ2v) is 12.3. The van der Waals surface area contributed by atoms with E-state index in [0.29, 0.717) is 22.5 Å². The molecule has 8 nitrogen and oxygen atoms in total. The molecule has 1 aliphatic rings. The van der Waals surface area contributed by atoms with Gasteiger partial charge in [0, 0.05) is 12.6 Å². The monoisotopic (exact) mass is 644 g/mol. The lowest BCUT2D eigenvalue weighted by molar-refractivity contribution is -0.154. The number of hydrogen-bond donors (Lipinski definition) is 0. The number of sulfonamides is 1. The zero-order valence-electron chi connectivity index (χ0n) is 23.5. The van der Waals surface area contributed by atoms with Crippen molar-refractivity contribution >= 4 is 27.6 Å². The van der Waals surface area contributed by atoms with E-state index in [2.05, 4.69) is 4.74 Å². The summed E-state index contributed by atoms with van der Waals surface area (Å²) in [4.78, 5) is 26.5. The Morgan fingerprint density at radius 1 is 1.00 bits per heavy atom. The molecule has 0 saturated heterocycles. The number of carbonyl (C=O) groups excluding carboxylic acids is 2. The minimum atomic E-state index is -4.86. The van der Waals surface area contributed by atoms with Crippen LogP contribution in [0.2, 0.25) is 0 Å². The van der Waals surface area contributed by atoms with Crippen molar-refractivity contribution in [2.45, 2.75) is 38.5 Å². The maximum Gasteiger partial charge on any atom is 0.416 e. The molecule has 3 aromatic rings. The third-order valence-corrected chi connectivity index (χ3v) is 8.42. The Balaban J connectivity index is 1.87. The van der Waals surface area contributed by atoms with E-state index in [1.165, 1.54) is 32.0 Å². The summed E-state index contributed by atoms with van der Waals surface area (Å²) in [5.41, 5.74) is -2.94. The molecule has 1 amide bonds. The fraction of sp³-hybridized carbons (Fsp3) is 0.310. The summed E-state index contributed by atoms with van der Waals surface area (Å²) in [7, 11) is -4.81. The van der Waals surface area contributed by atoms with Crippen LogP contribution in [0, 0.1) is 11.2 Å². The van der Waals surface area contributed by atoms with Crippen LogP contribution in [0.25, 0.3) is 11.1 Å². The van der Waals surface area contributed by atoms with Crippen LogP contribution in [0.5, 0.6) is 5.75 Å². The van der Waals surface area contributed by atoms with Gasteiger partial charge in [0.1, 0.15) is 18.2 Å². The first kappa shape index (κ1) is 32.6. The first-order valence-electron chi connectivity index (χ1n) is 13.0. The normalized spacial score (nSPS) is 14.1. The zero-order valence-corrected chi connectivity index (χ0v) is 24.3. The number of halogens is 6. The highest BCUT2D eigenvalue weighted by molar-refractivity contribution is 7.92. The maximum absolute atomic E-state index is 14.3. The Hall–Kier alpha value is -4.27. The molecule has 0 aliphatic carbocycles. The van der Waals surface area contributed by atoms with E-state index in [1.807, 2.05) is 0 Å². The molecule has 0 spiro atoms. The standard InChI is InChI=1S/C29H26F6N2O6S/c1-4-42-26(39)28(2,3)15-36-16-37(44(40,41)22-7-5-6-19(13-22)29(33,34)35)24-12-17(8-9-23(24)25(36)38)18-10-20(30)14-21(11-18)43-27(31)32/h5-14,27H,4,15-16H2,1-3H3. The minimum absolute atomic E-state index is 0.0156. The Labute approximate surface area is 248 Å². The number of carbonyl (C=O) groups is 2. The van der Waals surface area contributed by atoms with Crippen molar-refractivity contribution in [3.8, 4) is 16.9 Å². The average molecular weight is 645 g/mol. The smallest absolute Gasteiger partial charge is 0.416 e. The van der Waals surface area contributed by atoms with E-state index in [4.69, 9.17) is 4.74 Å². The molecule has 0 N–H and O–H groups in total. The van der Waals surface area contributed by atoms with E-state index >= 15 is 0 Å². The summed E-state index contributed by atoms with van der Waals surface area (Å²) in [5, 5.41) is 0. The van der Waals surface area contributed by atoms with Crippen molar-refractivity contribution in [3.05, 3.63) is 77.6 Å². The predicted molar refractivity (Wildman–Crippen MR) is 146 cm³/mol. The summed E-state index contributed by atoms with van der Waals surface area (Å²) in [6.07, 6.45) is -4.86. The number of ether oxygens (including phenoxy) is 2. The summed E-state index contributed by atoms with van der Waals surface area (Å²) in [6.45, 7) is 0.291. The molecule has 0 radical (unpaired) electrons. The van der Waals surface area contributed by atoms with Gasteiger partial charge in [-0.3, -0.25) is 9.59 Å². The van der Waals surface area contributed by atoms with Crippen molar-refractivity contribution in [1.29, 1.82) is 0 Å². The van der Waals surface area contributed by atoms with Gasteiger partial charge in [0.2, 0.25) is 0 Å². The van der Waals surface area contributed by atoms with Crippen LogP contribution < -0.4 is 9.04 Å². The predicted octanol–water partition coefficient (Wildman–Crippen LogP) is 6.31. The molecule has 0 fully saturated rings. The van der Waals surface area contributed by atoms with E-state index < -0.39 is 68.8 Å². The van der Waals surface area contributed by atoms with Gasteiger partial charge in [-0.2, -0.15) is 22.0 Å². The van der Waals surface area contributed by atoms with Gasteiger partial charge in [-0.25, -0.2) is 17.1 Å². The lowest BCUT2D eigenvalue weighted by Crippen LogP contribution is -2.53. The topological polar surface area (TPSA) is 93.2 Å². The lowest BCUT2D eigenvalue weighted by atomic mass is 9.92. The molecule has 3 aromatic carbocycles. The highest BCUT2D eigenvalue weighted by Crippen LogP contribution is 2.39. The SMILES string of the molecule is CCOC(=O)C(C)(C)CN1CN(S(=O)(=O)c2cccc(C(F)(F)F)c2)c2cc(-c3cc(F)cc(OC(F)F)c3)ccc2C1=O. The third-order valence-electron chi connectivity index (χ3n) is 6.68. The average Bonchev–Trinajstić information content (AvgIpc) is 2.93. The van der Waals surface area contributed by atoms with Gasteiger partial charge in [0.25, 0.3) is 15.9 Å². The molecule has 0 saturated carbocycles. The highest BCUT2D eigenvalue weighted by Gasteiger charge is 2.41. The Morgan fingerprint density at radius 2 is 1.70 bits per heavy atom. The van der Waals surface area contributed by atoms with E-state index in [9.17, 15) is 44.3 Å². The van der Waals surface area contributed by atoms with Gasteiger partial charge in [0.05, 0.1) is 33.7 Å². The molecule has 0 unspecified atom stereocenters. The van der Waals surface area contributed by atoms with Crippen LogP contribution in [0.3, 0.4) is 0 Å². The number of rotatable bonds is 9. The van der Waals surface area contributed by atoms with Crippen molar-refractivity contribution in [3.63, 3.8) is 0 Å².